The highest BCUT2D eigenvalue weighted by Crippen LogP contribution is 2.38. The molecule has 0 aromatic heterocycles. The van der Waals surface area contributed by atoms with Crippen molar-refractivity contribution in [3.05, 3.63) is 12.2 Å². The molecule has 0 rings (SSSR count). The van der Waals surface area contributed by atoms with E-state index < -0.39 is 20.0 Å². The number of aliphatic hydroxyl groups is 1. The van der Waals surface area contributed by atoms with Crippen LogP contribution in [0.1, 0.15) is 245 Å². The molecule has 0 bridgehead atoms. The van der Waals surface area contributed by atoms with Crippen LogP contribution in [0.3, 0.4) is 0 Å². The molecule has 0 aliphatic heterocycles. The van der Waals surface area contributed by atoms with Crippen LogP contribution in [0.5, 0.6) is 0 Å². The second kappa shape index (κ2) is 41.6. The Morgan fingerprint density at radius 2 is 0.948 bits per heavy atom. The molecule has 58 heavy (non-hydrogen) atoms. The summed E-state index contributed by atoms with van der Waals surface area (Å²) < 4.78 is 23.3. The fraction of sp³-hybridized carbons (Fsp3) is 0.939. The third-order valence-electron chi connectivity index (χ3n) is 11.5. The van der Waals surface area contributed by atoms with Crippen molar-refractivity contribution in [2.45, 2.75) is 257 Å². The number of unbranched alkanes of at least 4 members (excludes halogenated alkanes) is 31. The van der Waals surface area contributed by atoms with Crippen LogP contribution in [0.25, 0.3) is 0 Å². The van der Waals surface area contributed by atoms with Crippen molar-refractivity contribution in [2.75, 3.05) is 40.9 Å². The van der Waals surface area contributed by atoms with Crippen LogP contribution < -0.4 is 10.2 Å². The van der Waals surface area contributed by atoms with Gasteiger partial charge in [-0.25, -0.2) is 0 Å². The Hall–Kier alpha value is -0.760. The van der Waals surface area contributed by atoms with Gasteiger partial charge < -0.3 is 28.8 Å². The average molecular weight is 843 g/mol. The van der Waals surface area contributed by atoms with Gasteiger partial charge in [-0.15, -0.1) is 0 Å². The van der Waals surface area contributed by atoms with Gasteiger partial charge in [0.15, 0.2) is 0 Å². The number of quaternary nitrogens is 1. The summed E-state index contributed by atoms with van der Waals surface area (Å²) in [5, 5.41) is 14.0. The SMILES string of the molecule is CCCCCCCC/C=C\CCCCCCCCCCCC(=O)N[C@@H](COP(=O)([O-])OCC[N+](C)(C)C)C(O)CCCCCCCCCCCCCCCCCCC. The van der Waals surface area contributed by atoms with Crippen LogP contribution in [0.2, 0.25) is 0 Å². The number of phosphoric ester groups is 1. The van der Waals surface area contributed by atoms with Gasteiger partial charge >= 0.3 is 0 Å². The maximum Gasteiger partial charge on any atom is 0.268 e. The van der Waals surface area contributed by atoms with Crippen molar-refractivity contribution >= 4 is 13.7 Å². The van der Waals surface area contributed by atoms with E-state index in [1.807, 2.05) is 21.1 Å². The van der Waals surface area contributed by atoms with Crippen LogP contribution in [0.4, 0.5) is 0 Å². The summed E-state index contributed by atoms with van der Waals surface area (Å²) in [6, 6.07) is -0.798. The first-order chi connectivity index (χ1) is 28.0. The molecule has 0 aliphatic rings. The summed E-state index contributed by atoms with van der Waals surface area (Å²) in [7, 11) is 1.31. The van der Waals surface area contributed by atoms with Gasteiger partial charge in [0.25, 0.3) is 7.82 Å². The molecule has 2 N–H and O–H groups in total. The molecule has 3 atom stereocenters. The molecular formula is C49H99N2O6P. The van der Waals surface area contributed by atoms with E-state index >= 15 is 0 Å². The summed E-state index contributed by atoms with van der Waals surface area (Å²) in [6.07, 6.45) is 47.8. The molecule has 0 saturated carbocycles. The average Bonchev–Trinajstić information content (AvgIpc) is 3.17. The molecule has 346 valence electrons. The molecule has 0 saturated heterocycles. The van der Waals surface area contributed by atoms with Crippen LogP contribution in [-0.2, 0) is 18.4 Å². The minimum atomic E-state index is -4.56. The maximum absolute atomic E-state index is 12.9. The second-order valence-corrected chi connectivity index (χ2v) is 19.9. The lowest BCUT2D eigenvalue weighted by Crippen LogP contribution is -2.46. The molecule has 1 amide bonds. The first-order valence-electron chi connectivity index (χ1n) is 25.0. The molecule has 0 heterocycles. The Kier molecular flexibility index (Phi) is 41.0. The predicted molar refractivity (Wildman–Crippen MR) is 247 cm³/mol. The number of allylic oxidation sites excluding steroid dienone is 2. The first kappa shape index (κ1) is 57.2. The number of aliphatic hydroxyl groups excluding tert-OH is 1. The number of phosphoric acid groups is 1. The lowest BCUT2D eigenvalue weighted by Gasteiger charge is -2.30. The second-order valence-electron chi connectivity index (χ2n) is 18.5. The van der Waals surface area contributed by atoms with E-state index in [0.29, 0.717) is 23.9 Å². The lowest BCUT2D eigenvalue weighted by atomic mass is 10.0. The highest BCUT2D eigenvalue weighted by molar-refractivity contribution is 7.45. The smallest absolute Gasteiger partial charge is 0.268 e. The summed E-state index contributed by atoms with van der Waals surface area (Å²) in [5.41, 5.74) is 0. The number of nitrogens with zero attached hydrogens (tertiary/aromatic N) is 1. The zero-order valence-corrected chi connectivity index (χ0v) is 40.2. The molecule has 0 fully saturated rings. The van der Waals surface area contributed by atoms with Crippen molar-refractivity contribution in [2.24, 2.45) is 0 Å². The fourth-order valence-electron chi connectivity index (χ4n) is 7.51. The van der Waals surface area contributed by atoms with Gasteiger partial charge in [-0.05, 0) is 38.5 Å². The summed E-state index contributed by atoms with van der Waals surface area (Å²) >= 11 is 0. The van der Waals surface area contributed by atoms with Crippen molar-refractivity contribution in [1.29, 1.82) is 0 Å². The van der Waals surface area contributed by atoms with Gasteiger partial charge in [0.2, 0.25) is 5.91 Å². The number of hydrogen-bond donors (Lipinski definition) is 2. The number of nitrogens with one attached hydrogen (secondary N) is 1. The van der Waals surface area contributed by atoms with Gasteiger partial charge in [0, 0.05) is 6.42 Å². The zero-order chi connectivity index (χ0) is 42.8. The Labute approximate surface area is 361 Å². The summed E-state index contributed by atoms with van der Waals surface area (Å²) in [5.74, 6) is -0.164. The van der Waals surface area contributed by atoms with Crippen molar-refractivity contribution in [3.63, 3.8) is 0 Å². The van der Waals surface area contributed by atoms with Gasteiger partial charge in [-0.2, -0.15) is 0 Å². The van der Waals surface area contributed by atoms with Crippen LogP contribution in [0.15, 0.2) is 12.2 Å². The number of carbonyl (C=O) groups excluding carboxylic acids is 1. The lowest BCUT2D eigenvalue weighted by molar-refractivity contribution is -0.870. The fourth-order valence-corrected chi connectivity index (χ4v) is 8.23. The molecule has 0 spiro atoms. The topological polar surface area (TPSA) is 108 Å². The normalized spacial score (nSPS) is 14.3. The molecule has 8 nitrogen and oxygen atoms in total. The number of hydrogen-bond acceptors (Lipinski definition) is 6. The first-order valence-corrected chi connectivity index (χ1v) is 26.5. The van der Waals surface area contributed by atoms with Crippen molar-refractivity contribution in [3.8, 4) is 0 Å². The molecule has 9 heteroatoms. The van der Waals surface area contributed by atoms with Crippen LogP contribution in [0, 0.1) is 0 Å². The third kappa shape index (κ3) is 43.3. The summed E-state index contributed by atoms with van der Waals surface area (Å²) in [4.78, 5) is 25.4. The van der Waals surface area contributed by atoms with E-state index in [1.54, 1.807) is 0 Å². The van der Waals surface area contributed by atoms with Crippen LogP contribution >= 0.6 is 7.82 Å². The molecule has 0 aromatic carbocycles. The Bertz CT molecular complexity index is 958. The quantitative estimate of drug-likeness (QED) is 0.0273. The Morgan fingerprint density at radius 3 is 1.34 bits per heavy atom. The minimum Gasteiger partial charge on any atom is -0.756 e. The number of rotatable bonds is 46. The molecule has 0 radical (unpaired) electrons. The zero-order valence-electron chi connectivity index (χ0n) is 39.3. The van der Waals surface area contributed by atoms with E-state index in [4.69, 9.17) is 9.05 Å². The Balaban J connectivity index is 4.27. The van der Waals surface area contributed by atoms with Crippen molar-refractivity contribution < 1.29 is 32.9 Å². The van der Waals surface area contributed by atoms with Gasteiger partial charge in [0.1, 0.15) is 13.2 Å². The third-order valence-corrected chi connectivity index (χ3v) is 12.5. The van der Waals surface area contributed by atoms with E-state index in [-0.39, 0.29) is 19.1 Å². The predicted octanol–water partition coefficient (Wildman–Crippen LogP) is 13.7. The standard InChI is InChI=1S/C49H99N2O6P/c1-6-8-10-12-14-16-18-20-22-24-25-27-29-31-33-35-37-39-41-43-49(53)50-47(46-57-58(54,55)56-45-44-51(3,4)5)48(52)42-40-38-36-34-32-30-28-26-23-21-19-17-15-13-11-9-7-2/h20,22,47-48,52H,6-19,21,23-46H2,1-5H3,(H-,50,53,54,55)/b22-20-/t47-,48?/m0/s1. The highest BCUT2D eigenvalue weighted by Gasteiger charge is 2.24. The van der Waals surface area contributed by atoms with Crippen molar-refractivity contribution in [1.82, 2.24) is 5.32 Å². The highest BCUT2D eigenvalue weighted by atomic mass is 31.2. The molecular weight excluding hydrogens is 744 g/mol. The van der Waals surface area contributed by atoms with E-state index in [9.17, 15) is 19.4 Å². The molecule has 0 aromatic rings. The number of likely N-dealkylation sites (N-methyl/N-ethyl adjacent to an activating group) is 1. The number of amides is 1. The van der Waals surface area contributed by atoms with Crippen LogP contribution in [-0.4, -0.2) is 68.5 Å². The largest absolute Gasteiger partial charge is 0.756 e. The van der Waals surface area contributed by atoms with Gasteiger partial charge in [0.05, 0.1) is 39.9 Å². The minimum absolute atomic E-state index is 0.0140. The Morgan fingerprint density at radius 1 is 0.586 bits per heavy atom. The van der Waals surface area contributed by atoms with Gasteiger partial charge in [-0.1, -0.05) is 212 Å². The monoisotopic (exact) mass is 843 g/mol. The van der Waals surface area contributed by atoms with E-state index in [0.717, 1.165) is 38.5 Å². The number of carbonyl (C=O) groups is 1. The molecule has 2 unspecified atom stereocenters. The summed E-state index contributed by atoms with van der Waals surface area (Å²) in [6.45, 7) is 4.74. The maximum atomic E-state index is 12.9. The van der Waals surface area contributed by atoms with Gasteiger partial charge in [-0.3, -0.25) is 9.36 Å². The van der Waals surface area contributed by atoms with E-state index in [2.05, 4.69) is 31.3 Å². The molecule has 0 aliphatic carbocycles. The van der Waals surface area contributed by atoms with E-state index in [1.165, 1.54) is 180 Å².